The lowest BCUT2D eigenvalue weighted by Crippen LogP contribution is -2.34. The van der Waals surface area contributed by atoms with Gasteiger partial charge in [0.2, 0.25) is 0 Å². The van der Waals surface area contributed by atoms with E-state index in [9.17, 15) is 0 Å². The highest BCUT2D eigenvalue weighted by Gasteiger charge is 2.37. The van der Waals surface area contributed by atoms with Gasteiger partial charge in [0, 0.05) is 11.8 Å². The van der Waals surface area contributed by atoms with E-state index >= 15 is 0 Å². The second kappa shape index (κ2) is 7.13. The molecule has 0 atom stereocenters. The first-order valence-electron chi connectivity index (χ1n) is 10.9. The summed E-state index contributed by atoms with van der Waals surface area (Å²) in [5.74, 6) is 0.558. The predicted octanol–water partition coefficient (Wildman–Crippen LogP) is 7.89. The van der Waals surface area contributed by atoms with Gasteiger partial charge in [0.1, 0.15) is 0 Å². The molecule has 1 heteroatoms. The van der Waals surface area contributed by atoms with E-state index in [1.54, 1.807) is 0 Å². The molecule has 3 aromatic rings. The van der Waals surface area contributed by atoms with Crippen LogP contribution in [0.15, 0.2) is 60.8 Å². The average Bonchev–Trinajstić information content (AvgIpc) is 2.71. The molecule has 1 heterocycles. The average molecular weight is 384 g/mol. The molecular formula is C28H33N. The number of rotatable bonds is 3. The summed E-state index contributed by atoms with van der Waals surface area (Å²) in [6.45, 7) is 13.9. The Labute approximate surface area is 176 Å². The topological polar surface area (TPSA) is 12.9 Å². The van der Waals surface area contributed by atoms with Crippen molar-refractivity contribution in [3.8, 4) is 22.4 Å². The molecule has 0 radical (unpaired) electrons. The molecule has 1 aliphatic carbocycles. The molecule has 1 nitrogen and oxygen atoms in total. The normalized spacial score (nSPS) is 17.2. The van der Waals surface area contributed by atoms with E-state index in [0.717, 1.165) is 5.69 Å². The molecule has 0 spiro atoms. The Bertz CT molecular complexity index is 1020. The van der Waals surface area contributed by atoms with Gasteiger partial charge in [0.15, 0.2) is 0 Å². The van der Waals surface area contributed by atoms with Crippen LogP contribution in [-0.4, -0.2) is 4.98 Å². The summed E-state index contributed by atoms with van der Waals surface area (Å²) in [7, 11) is 0. The van der Waals surface area contributed by atoms with Crippen LogP contribution >= 0.6 is 0 Å². The van der Waals surface area contributed by atoms with E-state index in [0.29, 0.717) is 5.92 Å². The fraction of sp³-hybridized carbons (Fsp3) is 0.393. The van der Waals surface area contributed by atoms with Crippen molar-refractivity contribution >= 4 is 0 Å². The Kier molecular flexibility index (Phi) is 4.89. The number of pyridine rings is 1. The minimum absolute atomic E-state index is 0.201. The van der Waals surface area contributed by atoms with Crippen LogP contribution in [0.2, 0.25) is 0 Å². The lowest BCUT2D eigenvalue weighted by molar-refractivity contribution is 0.331. The number of fused-ring (bicyclic) bond motifs is 1. The van der Waals surface area contributed by atoms with Gasteiger partial charge in [0.05, 0.1) is 5.69 Å². The Hall–Kier alpha value is -2.41. The van der Waals surface area contributed by atoms with Gasteiger partial charge in [0.25, 0.3) is 0 Å². The maximum Gasteiger partial charge on any atom is 0.0705 e. The van der Waals surface area contributed by atoms with Crippen molar-refractivity contribution in [1.82, 2.24) is 4.98 Å². The zero-order chi connectivity index (χ0) is 20.8. The van der Waals surface area contributed by atoms with Crippen molar-refractivity contribution in [1.29, 1.82) is 0 Å². The van der Waals surface area contributed by atoms with Crippen LogP contribution in [0.25, 0.3) is 22.4 Å². The first-order valence-corrected chi connectivity index (χ1v) is 10.9. The smallest absolute Gasteiger partial charge is 0.0705 e. The fourth-order valence-electron chi connectivity index (χ4n) is 4.53. The van der Waals surface area contributed by atoms with Gasteiger partial charge in [-0.25, -0.2) is 0 Å². The van der Waals surface area contributed by atoms with Gasteiger partial charge in [-0.2, -0.15) is 0 Å². The molecule has 0 saturated heterocycles. The van der Waals surface area contributed by atoms with Gasteiger partial charge in [-0.15, -0.1) is 0 Å². The van der Waals surface area contributed by atoms with Crippen LogP contribution in [0.1, 0.15) is 77.0 Å². The summed E-state index contributed by atoms with van der Waals surface area (Å²) in [4.78, 5) is 4.90. The van der Waals surface area contributed by atoms with Crippen molar-refractivity contribution in [3.05, 3.63) is 77.5 Å². The third kappa shape index (κ3) is 3.75. The summed E-state index contributed by atoms with van der Waals surface area (Å²) in [6, 6.07) is 20.1. The van der Waals surface area contributed by atoms with Crippen LogP contribution < -0.4 is 0 Å². The van der Waals surface area contributed by atoms with E-state index in [2.05, 4.69) is 102 Å². The number of aromatic nitrogens is 1. The summed E-state index contributed by atoms with van der Waals surface area (Å²) in [6.07, 6.45) is 4.57. The van der Waals surface area contributed by atoms with Crippen molar-refractivity contribution in [2.75, 3.05) is 0 Å². The molecule has 0 saturated carbocycles. The zero-order valence-electron chi connectivity index (χ0n) is 18.7. The molecule has 0 unspecified atom stereocenters. The first-order chi connectivity index (χ1) is 13.7. The molecule has 0 amide bonds. The molecule has 1 aromatic heterocycles. The second-order valence-electron chi connectivity index (χ2n) is 10.2. The van der Waals surface area contributed by atoms with E-state index < -0.39 is 0 Å². The Morgan fingerprint density at radius 3 is 2.00 bits per heavy atom. The van der Waals surface area contributed by atoms with E-state index in [1.165, 1.54) is 46.2 Å². The standard InChI is InChI=1S/C28H33N/c1-19(2)20-10-12-21(13-11-20)22-8-7-9-23(16-22)26-17-24-25(18-29-26)28(5,6)15-14-27(24,3)4/h7-13,16-19H,14-15H2,1-6H3. The predicted molar refractivity (Wildman–Crippen MR) is 124 cm³/mol. The SMILES string of the molecule is CC(C)c1ccc(-c2cccc(-c3cc4c(cn3)C(C)(C)CCC4(C)C)c2)cc1. The monoisotopic (exact) mass is 383 g/mol. The highest BCUT2D eigenvalue weighted by atomic mass is 14.7. The Morgan fingerprint density at radius 1 is 0.724 bits per heavy atom. The molecule has 0 aliphatic heterocycles. The summed E-state index contributed by atoms with van der Waals surface area (Å²) in [5.41, 5.74) is 9.44. The van der Waals surface area contributed by atoms with Crippen molar-refractivity contribution in [3.63, 3.8) is 0 Å². The molecule has 4 rings (SSSR count). The second-order valence-corrected chi connectivity index (χ2v) is 10.2. The van der Waals surface area contributed by atoms with Gasteiger partial charge < -0.3 is 0 Å². The van der Waals surface area contributed by atoms with Crippen LogP contribution in [0.4, 0.5) is 0 Å². The highest BCUT2D eigenvalue weighted by molar-refractivity contribution is 5.72. The summed E-state index contributed by atoms with van der Waals surface area (Å²) >= 11 is 0. The largest absolute Gasteiger partial charge is 0.256 e. The van der Waals surface area contributed by atoms with Crippen molar-refractivity contribution in [2.45, 2.75) is 71.1 Å². The Balaban J connectivity index is 1.74. The van der Waals surface area contributed by atoms with E-state index in [1.807, 2.05) is 0 Å². The first kappa shape index (κ1) is 19.9. The summed E-state index contributed by atoms with van der Waals surface area (Å²) < 4.78 is 0. The molecule has 0 bridgehead atoms. The molecule has 1 aliphatic rings. The van der Waals surface area contributed by atoms with Crippen LogP contribution in [0.5, 0.6) is 0 Å². The third-order valence-electron chi connectivity index (χ3n) is 6.81. The lowest BCUT2D eigenvalue weighted by Gasteiger charge is -2.41. The lowest BCUT2D eigenvalue weighted by atomic mass is 9.63. The van der Waals surface area contributed by atoms with Crippen LogP contribution in [0.3, 0.4) is 0 Å². The van der Waals surface area contributed by atoms with Gasteiger partial charge in [-0.1, -0.05) is 84.0 Å². The van der Waals surface area contributed by atoms with Crippen LogP contribution in [-0.2, 0) is 10.8 Å². The van der Waals surface area contributed by atoms with Crippen molar-refractivity contribution in [2.24, 2.45) is 0 Å². The number of hydrogen-bond donors (Lipinski definition) is 0. The van der Waals surface area contributed by atoms with E-state index in [-0.39, 0.29) is 10.8 Å². The van der Waals surface area contributed by atoms with Crippen LogP contribution in [0, 0.1) is 0 Å². The number of nitrogens with zero attached hydrogens (tertiary/aromatic N) is 1. The minimum atomic E-state index is 0.201. The van der Waals surface area contributed by atoms with Crippen molar-refractivity contribution < 1.29 is 0 Å². The number of benzene rings is 2. The maximum atomic E-state index is 4.90. The highest BCUT2D eigenvalue weighted by Crippen LogP contribution is 2.46. The van der Waals surface area contributed by atoms with Gasteiger partial charge in [-0.05, 0) is 69.5 Å². The maximum absolute atomic E-state index is 4.90. The van der Waals surface area contributed by atoms with Gasteiger partial charge >= 0.3 is 0 Å². The quantitative estimate of drug-likeness (QED) is 0.448. The Morgan fingerprint density at radius 2 is 1.34 bits per heavy atom. The molecule has 2 aromatic carbocycles. The molecule has 29 heavy (non-hydrogen) atoms. The molecule has 0 fully saturated rings. The molecule has 0 N–H and O–H groups in total. The third-order valence-corrected chi connectivity index (χ3v) is 6.81. The summed E-state index contributed by atoms with van der Waals surface area (Å²) in [5, 5.41) is 0. The minimum Gasteiger partial charge on any atom is -0.256 e. The van der Waals surface area contributed by atoms with E-state index in [4.69, 9.17) is 4.98 Å². The zero-order valence-corrected chi connectivity index (χ0v) is 18.7. The molecule has 150 valence electrons. The van der Waals surface area contributed by atoms with Gasteiger partial charge in [-0.3, -0.25) is 4.98 Å². The fourth-order valence-corrected chi connectivity index (χ4v) is 4.53. The molecular weight excluding hydrogens is 350 g/mol. The number of hydrogen-bond acceptors (Lipinski definition) is 1.